The van der Waals surface area contributed by atoms with Gasteiger partial charge in [-0.25, -0.2) is 4.79 Å². The zero-order valence-corrected chi connectivity index (χ0v) is 9.00. The van der Waals surface area contributed by atoms with Gasteiger partial charge in [-0.2, -0.15) is 0 Å². The van der Waals surface area contributed by atoms with Gasteiger partial charge < -0.3 is 9.15 Å². The van der Waals surface area contributed by atoms with E-state index in [1.165, 1.54) is 7.11 Å². The third-order valence-corrected chi connectivity index (χ3v) is 2.38. The predicted molar refractivity (Wildman–Crippen MR) is 55.3 cm³/mol. The number of hydrogen-bond donors (Lipinski definition) is 0. The lowest BCUT2D eigenvalue weighted by atomic mass is 10.1. The smallest absolute Gasteiger partial charge is 0.341 e. The molecule has 2 aromatic rings. The van der Waals surface area contributed by atoms with Gasteiger partial charge in [0.15, 0.2) is 0 Å². The Morgan fingerprint density at radius 1 is 1.50 bits per heavy atom. The lowest BCUT2D eigenvalue weighted by Crippen LogP contribution is -2.01. The molecular weight excluding hydrogens is 248 g/mol. The molecule has 0 spiro atoms. The normalized spacial score (nSPS) is 10.4. The van der Waals surface area contributed by atoms with Gasteiger partial charge in [-0.1, -0.05) is 15.9 Å². The van der Waals surface area contributed by atoms with E-state index in [2.05, 4.69) is 20.7 Å². The van der Waals surface area contributed by atoms with Crippen LogP contribution in [0.4, 0.5) is 0 Å². The topological polar surface area (TPSA) is 39.4 Å². The van der Waals surface area contributed by atoms with Crippen molar-refractivity contribution in [2.45, 2.75) is 0 Å². The van der Waals surface area contributed by atoms with Crippen molar-refractivity contribution in [3.8, 4) is 0 Å². The Hall–Kier alpha value is -1.29. The predicted octanol–water partition coefficient (Wildman–Crippen LogP) is 2.98. The van der Waals surface area contributed by atoms with Gasteiger partial charge in [-0.15, -0.1) is 0 Å². The number of halogens is 1. The summed E-state index contributed by atoms with van der Waals surface area (Å²) in [7, 11) is 1.35. The van der Waals surface area contributed by atoms with Gasteiger partial charge in [0, 0.05) is 9.86 Å². The zero-order chi connectivity index (χ0) is 10.1. The van der Waals surface area contributed by atoms with Crippen molar-refractivity contribution in [1.82, 2.24) is 0 Å². The monoisotopic (exact) mass is 254 g/mol. The minimum atomic E-state index is -0.397. The molecule has 0 saturated carbocycles. The van der Waals surface area contributed by atoms with Gasteiger partial charge in [-0.3, -0.25) is 0 Å². The van der Waals surface area contributed by atoms with E-state index in [1.807, 2.05) is 6.07 Å². The Morgan fingerprint density at radius 3 is 3.00 bits per heavy atom. The lowest BCUT2D eigenvalue weighted by Gasteiger charge is -2.00. The van der Waals surface area contributed by atoms with Crippen molar-refractivity contribution in [2.75, 3.05) is 7.11 Å². The number of ether oxygens (including phenoxy) is 1. The van der Waals surface area contributed by atoms with E-state index < -0.39 is 5.97 Å². The number of fused-ring (bicyclic) bond motifs is 1. The van der Waals surface area contributed by atoms with Crippen molar-refractivity contribution >= 4 is 32.9 Å². The van der Waals surface area contributed by atoms with E-state index in [0.29, 0.717) is 11.1 Å². The molecule has 0 aliphatic carbocycles. The summed E-state index contributed by atoms with van der Waals surface area (Å²) in [5.74, 6) is -0.397. The summed E-state index contributed by atoms with van der Waals surface area (Å²) in [5, 5.41) is 0.875. The molecule has 4 heteroatoms. The number of hydrogen-bond acceptors (Lipinski definition) is 3. The number of carbonyl (C=O) groups is 1. The number of rotatable bonds is 1. The molecule has 0 N–H and O–H groups in total. The number of methoxy groups -OCH3 is 1. The van der Waals surface area contributed by atoms with E-state index >= 15 is 0 Å². The van der Waals surface area contributed by atoms with Gasteiger partial charge in [-0.05, 0) is 18.2 Å². The van der Waals surface area contributed by atoms with Crippen LogP contribution in [0.15, 0.2) is 33.4 Å². The van der Waals surface area contributed by atoms with Gasteiger partial charge in [0.25, 0.3) is 0 Å². The Morgan fingerprint density at radius 2 is 2.29 bits per heavy atom. The molecule has 0 saturated heterocycles. The van der Waals surface area contributed by atoms with Crippen molar-refractivity contribution in [3.05, 3.63) is 34.5 Å². The molecule has 1 aromatic carbocycles. The molecule has 3 nitrogen and oxygen atoms in total. The highest BCUT2D eigenvalue weighted by molar-refractivity contribution is 9.10. The molecule has 14 heavy (non-hydrogen) atoms. The first-order chi connectivity index (χ1) is 6.72. The molecule has 2 rings (SSSR count). The molecule has 0 aliphatic rings. The zero-order valence-electron chi connectivity index (χ0n) is 7.41. The van der Waals surface area contributed by atoms with Crippen LogP contribution in [0.2, 0.25) is 0 Å². The van der Waals surface area contributed by atoms with Crippen LogP contribution in [-0.2, 0) is 4.74 Å². The van der Waals surface area contributed by atoms with E-state index in [9.17, 15) is 4.79 Å². The van der Waals surface area contributed by atoms with Crippen LogP contribution in [0, 0.1) is 0 Å². The summed E-state index contributed by atoms with van der Waals surface area (Å²) in [4.78, 5) is 11.4. The van der Waals surface area contributed by atoms with Gasteiger partial charge in [0.2, 0.25) is 0 Å². The molecule has 1 heterocycles. The summed E-state index contributed by atoms with van der Waals surface area (Å²) in [6, 6.07) is 5.36. The van der Waals surface area contributed by atoms with Gasteiger partial charge >= 0.3 is 5.97 Å². The summed E-state index contributed by atoms with van der Waals surface area (Å²) >= 11 is 3.32. The average molecular weight is 255 g/mol. The molecule has 0 unspecified atom stereocenters. The van der Waals surface area contributed by atoms with Crippen LogP contribution in [0.5, 0.6) is 0 Å². The third kappa shape index (κ3) is 1.42. The first-order valence-corrected chi connectivity index (χ1v) is 4.77. The Bertz CT molecular complexity index is 487. The minimum absolute atomic E-state index is 0.397. The minimum Gasteiger partial charge on any atom is -0.465 e. The van der Waals surface area contributed by atoms with Crippen LogP contribution in [-0.4, -0.2) is 13.1 Å². The van der Waals surface area contributed by atoms with Crippen LogP contribution in [0.25, 0.3) is 11.0 Å². The molecular formula is C10H7BrO3. The maximum absolute atomic E-state index is 11.4. The van der Waals surface area contributed by atoms with Crippen molar-refractivity contribution in [1.29, 1.82) is 0 Å². The van der Waals surface area contributed by atoms with Gasteiger partial charge in [0.1, 0.15) is 11.1 Å². The molecule has 0 bridgehead atoms. The second-order valence-corrected chi connectivity index (χ2v) is 3.70. The Labute approximate surface area is 88.8 Å². The molecule has 0 fully saturated rings. The number of benzene rings is 1. The number of esters is 1. The molecule has 0 radical (unpaired) electrons. The maximum atomic E-state index is 11.4. The quantitative estimate of drug-likeness (QED) is 0.735. The Balaban J connectivity index is 2.72. The Kier molecular flexibility index (Phi) is 2.29. The molecule has 0 atom stereocenters. The molecule has 1 aromatic heterocycles. The van der Waals surface area contributed by atoms with E-state index in [0.717, 1.165) is 9.86 Å². The van der Waals surface area contributed by atoms with Gasteiger partial charge in [0.05, 0.1) is 13.4 Å². The third-order valence-electron chi connectivity index (χ3n) is 1.92. The second kappa shape index (κ2) is 3.46. The fraction of sp³-hybridized carbons (Fsp3) is 0.100. The molecule has 72 valence electrons. The average Bonchev–Trinajstić information content (AvgIpc) is 2.62. The van der Waals surface area contributed by atoms with Crippen molar-refractivity contribution < 1.29 is 13.9 Å². The molecule has 0 amide bonds. The summed E-state index contributed by atoms with van der Waals surface area (Å²) < 4.78 is 10.7. The van der Waals surface area contributed by atoms with Crippen LogP contribution < -0.4 is 0 Å². The molecule has 0 aliphatic heterocycles. The van der Waals surface area contributed by atoms with Crippen molar-refractivity contribution in [3.63, 3.8) is 0 Å². The van der Waals surface area contributed by atoms with E-state index in [1.54, 1.807) is 18.4 Å². The van der Waals surface area contributed by atoms with Crippen LogP contribution in [0.1, 0.15) is 10.4 Å². The van der Waals surface area contributed by atoms with E-state index in [-0.39, 0.29) is 0 Å². The first kappa shape index (κ1) is 9.27. The van der Waals surface area contributed by atoms with Crippen molar-refractivity contribution in [2.24, 2.45) is 0 Å². The number of furan rings is 1. The highest BCUT2D eigenvalue weighted by Crippen LogP contribution is 2.25. The van der Waals surface area contributed by atoms with Crippen LogP contribution in [0.3, 0.4) is 0 Å². The summed E-state index contributed by atoms with van der Waals surface area (Å²) in [5.41, 5.74) is 0.988. The highest BCUT2D eigenvalue weighted by Gasteiger charge is 2.13. The SMILES string of the molecule is COC(=O)c1cc(Br)cc2ccoc12. The van der Waals surface area contributed by atoms with Crippen LogP contribution >= 0.6 is 15.9 Å². The lowest BCUT2D eigenvalue weighted by molar-refractivity contribution is 0.0601. The highest BCUT2D eigenvalue weighted by atomic mass is 79.9. The summed E-state index contributed by atoms with van der Waals surface area (Å²) in [6.07, 6.45) is 1.55. The fourth-order valence-electron chi connectivity index (χ4n) is 1.31. The fourth-order valence-corrected chi connectivity index (χ4v) is 1.78. The largest absolute Gasteiger partial charge is 0.465 e. The summed E-state index contributed by atoms with van der Waals surface area (Å²) in [6.45, 7) is 0. The standard InChI is InChI=1S/C10H7BrO3/c1-13-10(12)8-5-7(11)4-6-2-3-14-9(6)8/h2-5H,1H3. The number of carbonyl (C=O) groups excluding carboxylic acids is 1. The first-order valence-electron chi connectivity index (χ1n) is 3.97. The second-order valence-electron chi connectivity index (χ2n) is 2.78. The van der Waals surface area contributed by atoms with E-state index in [4.69, 9.17) is 4.42 Å². The maximum Gasteiger partial charge on any atom is 0.341 e.